The van der Waals surface area contributed by atoms with E-state index in [1.807, 2.05) is 0 Å². The van der Waals surface area contributed by atoms with Crippen molar-refractivity contribution in [1.29, 1.82) is 0 Å². The van der Waals surface area contributed by atoms with Crippen LogP contribution in [0, 0.1) is 5.82 Å². The minimum atomic E-state index is -0.843. The SMILES string of the molecule is O=C(NCC1(O)CCCC1)c1cccc(Cl)c1F. The summed E-state index contributed by atoms with van der Waals surface area (Å²) < 4.78 is 13.6. The van der Waals surface area contributed by atoms with Crippen LogP contribution in [0.1, 0.15) is 36.0 Å². The Kier molecular flexibility index (Phi) is 3.88. The van der Waals surface area contributed by atoms with Gasteiger partial charge in [0, 0.05) is 6.54 Å². The summed E-state index contributed by atoms with van der Waals surface area (Å²) >= 11 is 5.61. The molecule has 0 bridgehead atoms. The van der Waals surface area contributed by atoms with Crippen LogP contribution in [0.4, 0.5) is 4.39 Å². The van der Waals surface area contributed by atoms with Gasteiger partial charge in [0.2, 0.25) is 0 Å². The molecule has 1 aromatic carbocycles. The first-order valence-electron chi connectivity index (χ1n) is 5.96. The number of aliphatic hydroxyl groups is 1. The number of benzene rings is 1. The number of halogens is 2. The fourth-order valence-electron chi connectivity index (χ4n) is 2.23. The highest BCUT2D eigenvalue weighted by Crippen LogP contribution is 2.28. The molecular weight excluding hydrogens is 257 g/mol. The van der Waals surface area contributed by atoms with E-state index < -0.39 is 17.3 Å². The molecule has 1 fully saturated rings. The maximum atomic E-state index is 13.6. The van der Waals surface area contributed by atoms with Crippen LogP contribution in [0.25, 0.3) is 0 Å². The smallest absolute Gasteiger partial charge is 0.254 e. The van der Waals surface area contributed by atoms with E-state index in [0.29, 0.717) is 12.8 Å². The number of amides is 1. The Bertz CT molecular complexity index is 458. The summed E-state index contributed by atoms with van der Waals surface area (Å²) in [4.78, 5) is 11.8. The number of hydrogen-bond donors (Lipinski definition) is 2. The lowest BCUT2D eigenvalue weighted by molar-refractivity contribution is 0.0448. The van der Waals surface area contributed by atoms with Crippen LogP contribution in [0.5, 0.6) is 0 Å². The zero-order valence-electron chi connectivity index (χ0n) is 9.88. The van der Waals surface area contributed by atoms with Gasteiger partial charge in [-0.15, -0.1) is 0 Å². The van der Waals surface area contributed by atoms with Crippen molar-refractivity contribution in [3.63, 3.8) is 0 Å². The topological polar surface area (TPSA) is 49.3 Å². The molecule has 0 saturated heterocycles. The molecule has 0 aromatic heterocycles. The van der Waals surface area contributed by atoms with E-state index in [0.717, 1.165) is 12.8 Å². The Labute approximate surface area is 110 Å². The Hall–Kier alpha value is -1.13. The molecule has 1 aliphatic rings. The van der Waals surface area contributed by atoms with Crippen LogP contribution >= 0.6 is 11.6 Å². The zero-order valence-corrected chi connectivity index (χ0v) is 10.6. The fourth-order valence-corrected chi connectivity index (χ4v) is 2.40. The molecule has 2 N–H and O–H groups in total. The fraction of sp³-hybridized carbons (Fsp3) is 0.462. The number of carbonyl (C=O) groups is 1. The van der Waals surface area contributed by atoms with E-state index in [1.165, 1.54) is 18.2 Å². The van der Waals surface area contributed by atoms with Crippen LogP contribution in [-0.2, 0) is 0 Å². The van der Waals surface area contributed by atoms with Gasteiger partial charge in [0.15, 0.2) is 5.82 Å². The molecule has 5 heteroatoms. The van der Waals surface area contributed by atoms with Crippen molar-refractivity contribution in [2.75, 3.05) is 6.54 Å². The normalized spacial score (nSPS) is 17.7. The van der Waals surface area contributed by atoms with Crippen molar-refractivity contribution in [2.24, 2.45) is 0 Å². The molecule has 1 aliphatic carbocycles. The van der Waals surface area contributed by atoms with E-state index in [-0.39, 0.29) is 17.1 Å². The Morgan fingerprint density at radius 3 is 2.78 bits per heavy atom. The van der Waals surface area contributed by atoms with E-state index >= 15 is 0 Å². The number of carbonyl (C=O) groups excluding carboxylic acids is 1. The Balaban J connectivity index is 2.01. The molecule has 0 aliphatic heterocycles. The summed E-state index contributed by atoms with van der Waals surface area (Å²) in [7, 11) is 0. The molecule has 0 unspecified atom stereocenters. The molecule has 0 radical (unpaired) electrons. The summed E-state index contributed by atoms with van der Waals surface area (Å²) in [6.45, 7) is 0.151. The summed E-state index contributed by atoms with van der Waals surface area (Å²) in [5, 5.41) is 12.6. The number of hydrogen-bond acceptors (Lipinski definition) is 2. The van der Waals surface area contributed by atoms with Gasteiger partial charge in [0.25, 0.3) is 5.91 Å². The van der Waals surface area contributed by atoms with Gasteiger partial charge in [-0.2, -0.15) is 0 Å². The van der Waals surface area contributed by atoms with Gasteiger partial charge < -0.3 is 10.4 Å². The minimum absolute atomic E-state index is 0.0813. The maximum Gasteiger partial charge on any atom is 0.254 e. The highest BCUT2D eigenvalue weighted by molar-refractivity contribution is 6.31. The highest BCUT2D eigenvalue weighted by atomic mass is 35.5. The first-order chi connectivity index (χ1) is 8.52. The molecule has 18 heavy (non-hydrogen) atoms. The van der Waals surface area contributed by atoms with Crippen molar-refractivity contribution < 1.29 is 14.3 Å². The Morgan fingerprint density at radius 1 is 1.44 bits per heavy atom. The van der Waals surface area contributed by atoms with E-state index in [9.17, 15) is 14.3 Å². The third-order valence-electron chi connectivity index (χ3n) is 3.31. The maximum absolute atomic E-state index is 13.6. The summed E-state index contributed by atoms with van der Waals surface area (Å²) in [6, 6.07) is 4.28. The first-order valence-corrected chi connectivity index (χ1v) is 6.34. The third kappa shape index (κ3) is 2.82. The summed E-state index contributed by atoms with van der Waals surface area (Å²) in [5.41, 5.74) is -0.936. The average Bonchev–Trinajstić information content (AvgIpc) is 2.77. The van der Waals surface area contributed by atoms with Gasteiger partial charge in [0.05, 0.1) is 16.2 Å². The predicted octanol–water partition coefficient (Wildman–Crippen LogP) is 2.51. The van der Waals surface area contributed by atoms with Crippen LogP contribution in [-0.4, -0.2) is 23.2 Å². The minimum Gasteiger partial charge on any atom is -0.388 e. The van der Waals surface area contributed by atoms with Crippen LogP contribution in [0.2, 0.25) is 5.02 Å². The van der Waals surface area contributed by atoms with E-state index in [4.69, 9.17) is 11.6 Å². The number of nitrogens with one attached hydrogen (secondary N) is 1. The summed E-state index contributed by atoms with van der Waals surface area (Å²) in [6.07, 6.45) is 3.26. The van der Waals surface area contributed by atoms with Crippen molar-refractivity contribution >= 4 is 17.5 Å². The molecule has 98 valence electrons. The van der Waals surface area contributed by atoms with E-state index in [1.54, 1.807) is 0 Å². The Morgan fingerprint density at radius 2 is 2.11 bits per heavy atom. The standard InChI is InChI=1S/C13H15ClFNO2/c14-10-5-3-4-9(11(10)15)12(17)16-8-13(18)6-1-2-7-13/h3-5,18H,1-2,6-8H2,(H,16,17). The lowest BCUT2D eigenvalue weighted by Gasteiger charge is -2.22. The predicted molar refractivity (Wildman–Crippen MR) is 67.2 cm³/mol. The molecule has 1 amide bonds. The zero-order chi connectivity index (χ0) is 13.2. The third-order valence-corrected chi connectivity index (χ3v) is 3.60. The molecule has 1 aromatic rings. The molecular formula is C13H15ClFNO2. The van der Waals surface area contributed by atoms with Gasteiger partial charge in [-0.1, -0.05) is 30.5 Å². The highest BCUT2D eigenvalue weighted by Gasteiger charge is 2.31. The second kappa shape index (κ2) is 5.24. The number of rotatable bonds is 3. The van der Waals surface area contributed by atoms with Gasteiger partial charge in [-0.25, -0.2) is 4.39 Å². The van der Waals surface area contributed by atoms with Crippen molar-refractivity contribution in [1.82, 2.24) is 5.32 Å². The van der Waals surface area contributed by atoms with E-state index in [2.05, 4.69) is 5.32 Å². The molecule has 0 atom stereocenters. The van der Waals surface area contributed by atoms with Crippen LogP contribution in [0.15, 0.2) is 18.2 Å². The molecule has 2 rings (SSSR count). The lowest BCUT2D eigenvalue weighted by atomic mass is 10.0. The van der Waals surface area contributed by atoms with Gasteiger partial charge in [-0.05, 0) is 25.0 Å². The van der Waals surface area contributed by atoms with Gasteiger partial charge >= 0.3 is 0 Å². The van der Waals surface area contributed by atoms with Crippen molar-refractivity contribution in [2.45, 2.75) is 31.3 Å². The molecule has 0 spiro atoms. The molecule has 3 nitrogen and oxygen atoms in total. The average molecular weight is 272 g/mol. The molecule has 0 heterocycles. The summed E-state index contributed by atoms with van der Waals surface area (Å²) in [5.74, 6) is -1.27. The monoisotopic (exact) mass is 271 g/mol. The van der Waals surface area contributed by atoms with Crippen molar-refractivity contribution in [3.8, 4) is 0 Å². The lowest BCUT2D eigenvalue weighted by Crippen LogP contribution is -2.41. The van der Waals surface area contributed by atoms with Crippen molar-refractivity contribution in [3.05, 3.63) is 34.6 Å². The van der Waals surface area contributed by atoms with Crippen LogP contribution < -0.4 is 5.32 Å². The van der Waals surface area contributed by atoms with Gasteiger partial charge in [0.1, 0.15) is 0 Å². The first kappa shape index (κ1) is 13.3. The second-order valence-electron chi connectivity index (χ2n) is 4.72. The molecule has 1 saturated carbocycles. The second-order valence-corrected chi connectivity index (χ2v) is 5.12. The van der Waals surface area contributed by atoms with Crippen LogP contribution in [0.3, 0.4) is 0 Å². The quantitative estimate of drug-likeness (QED) is 0.887. The largest absolute Gasteiger partial charge is 0.388 e. The van der Waals surface area contributed by atoms with Gasteiger partial charge in [-0.3, -0.25) is 4.79 Å².